The number of rotatable bonds is 33. The van der Waals surface area contributed by atoms with Crippen molar-refractivity contribution in [3.8, 4) is 0 Å². The zero-order valence-electron chi connectivity index (χ0n) is 61.5. The molecule has 0 aliphatic carbocycles. The van der Waals surface area contributed by atoms with Crippen LogP contribution in [0, 0.1) is 6.92 Å². The van der Waals surface area contributed by atoms with Gasteiger partial charge in [-0.05, 0) is 194 Å². The number of amides is 1. The minimum absolute atomic E-state index is 0.0191. The number of unbranched alkanes of at least 4 members (excludes halogenated alkanes) is 3. The molecule has 564 valence electrons. The van der Waals surface area contributed by atoms with E-state index >= 15 is 0 Å². The van der Waals surface area contributed by atoms with Crippen LogP contribution >= 0.6 is 11.3 Å². The molecule has 23 heteroatoms. The van der Waals surface area contributed by atoms with Crippen molar-refractivity contribution in [3.05, 3.63) is 280 Å². The summed E-state index contributed by atoms with van der Waals surface area (Å²) in [7, 11) is -7.20. The number of benzene rings is 10. The first kappa shape index (κ1) is 81.4. The van der Waals surface area contributed by atoms with Crippen LogP contribution in [0.1, 0.15) is 129 Å². The summed E-state index contributed by atoms with van der Waals surface area (Å²) < 4.78 is 85.2. The van der Waals surface area contributed by atoms with Crippen LogP contribution in [0.4, 0.5) is 27.9 Å². The highest BCUT2D eigenvalue weighted by molar-refractivity contribution is 7.94. The Morgan fingerprint density at radius 1 is 0.463 bits per heavy atom. The zero-order chi connectivity index (χ0) is 77.5. The van der Waals surface area contributed by atoms with Gasteiger partial charge in [0.05, 0.1) is 49.3 Å². The Morgan fingerprint density at radius 3 is 1.43 bits per heavy atom. The zero-order valence-corrected chi connectivity index (χ0v) is 64.8. The van der Waals surface area contributed by atoms with Gasteiger partial charge in [0.25, 0.3) is 20.0 Å². The number of carboxylic acid groups (broad SMARTS) is 3. The molecule has 0 unspecified atom stereocenters. The van der Waals surface area contributed by atoms with Gasteiger partial charge in [-0.1, -0.05) is 184 Å². The fourth-order valence-electron chi connectivity index (χ4n) is 12.5. The van der Waals surface area contributed by atoms with E-state index in [1.165, 1.54) is 6.92 Å². The third kappa shape index (κ3) is 21.5. The van der Waals surface area contributed by atoms with Crippen molar-refractivity contribution in [2.45, 2.75) is 119 Å². The van der Waals surface area contributed by atoms with E-state index in [9.17, 15) is 44.4 Å². The number of nitrogens with one attached hydrogen (secondary N) is 2. The number of aromatic nitrogens is 1. The lowest BCUT2D eigenvalue weighted by atomic mass is 10.0. The molecular weight excluding hydrogens is 1440 g/mol. The van der Waals surface area contributed by atoms with Crippen LogP contribution in [0.15, 0.2) is 238 Å². The molecule has 11 rings (SSSR count). The molecule has 1 heterocycles. The number of anilines is 5. The fourth-order valence-corrected chi connectivity index (χ4v) is 18.9. The minimum atomic E-state index is -3.87. The molecule has 5 N–H and O–H groups in total. The summed E-state index contributed by atoms with van der Waals surface area (Å²) in [4.78, 5) is 51.2. The van der Waals surface area contributed by atoms with Crippen molar-refractivity contribution in [3.63, 3.8) is 0 Å². The maximum atomic E-state index is 14.3. The Hall–Kier alpha value is -10.7. The molecule has 0 spiro atoms. The number of thiazole rings is 1. The van der Waals surface area contributed by atoms with Crippen LogP contribution in [-0.4, -0.2) is 109 Å². The molecule has 108 heavy (non-hydrogen) atoms. The molecule has 0 fully saturated rings. The molecule has 0 atom stereocenters. The summed E-state index contributed by atoms with van der Waals surface area (Å²) in [5.74, 6) is -3.11. The molecule has 0 bridgehead atoms. The van der Waals surface area contributed by atoms with E-state index in [-0.39, 0.29) is 37.5 Å². The van der Waals surface area contributed by atoms with Gasteiger partial charge in [0.2, 0.25) is 5.91 Å². The number of carbonyl (C=O) groups excluding carboxylic acids is 1. The maximum Gasteiger partial charge on any atom is 0.335 e. The molecule has 1 aromatic heterocycles. The van der Waals surface area contributed by atoms with E-state index in [2.05, 4.69) is 28.6 Å². The van der Waals surface area contributed by atoms with Crippen molar-refractivity contribution in [2.24, 2.45) is 0 Å². The van der Waals surface area contributed by atoms with E-state index in [0.29, 0.717) is 90.6 Å². The Kier molecular flexibility index (Phi) is 28.8. The van der Waals surface area contributed by atoms with E-state index in [0.717, 1.165) is 111 Å². The van der Waals surface area contributed by atoms with Crippen molar-refractivity contribution in [1.82, 2.24) is 4.98 Å². The van der Waals surface area contributed by atoms with Crippen LogP contribution in [-0.2, 0) is 73.2 Å². The maximum absolute atomic E-state index is 14.3. The molecule has 0 saturated carbocycles. The Morgan fingerprint density at radius 2 is 0.917 bits per heavy atom. The normalized spacial score (nSPS) is 11.4. The molecule has 19 nitrogen and oxygen atoms in total. The highest BCUT2D eigenvalue weighted by Gasteiger charge is 2.30. The van der Waals surface area contributed by atoms with Crippen LogP contribution in [0.2, 0.25) is 0 Å². The molecule has 10 aromatic carbocycles. The minimum Gasteiger partial charge on any atom is -0.478 e. The lowest BCUT2D eigenvalue weighted by Gasteiger charge is -2.28. The fraction of sp³-hybridized carbons (Fsp3) is 0.259. The van der Waals surface area contributed by atoms with Crippen LogP contribution in [0.25, 0.3) is 21.5 Å². The summed E-state index contributed by atoms with van der Waals surface area (Å²) in [5.41, 5.74) is 10.6. The molecule has 0 aliphatic heterocycles. The number of sulfone groups is 1. The van der Waals surface area contributed by atoms with Gasteiger partial charge in [-0.2, -0.15) is 0 Å². The second-order valence-electron chi connectivity index (χ2n) is 26.3. The third-order valence-electron chi connectivity index (χ3n) is 18.3. The average Bonchev–Trinajstić information content (AvgIpc) is 0.896. The summed E-state index contributed by atoms with van der Waals surface area (Å²) in [6.07, 6.45) is 8.59. The number of nitrogens with zero attached hydrogens (tertiary/aromatic N) is 4. The number of carbonyl (C=O) groups is 4. The van der Waals surface area contributed by atoms with Crippen LogP contribution in [0.3, 0.4) is 0 Å². The topological polar surface area (TPSA) is 278 Å². The molecule has 0 aliphatic rings. The third-order valence-corrected chi connectivity index (χ3v) is 25.6. The molecule has 1 amide bonds. The highest BCUT2D eigenvalue weighted by Crippen LogP contribution is 2.37. The predicted molar refractivity (Wildman–Crippen MR) is 434 cm³/mol. The first-order valence-corrected chi connectivity index (χ1v) is 41.3. The number of fused-ring (bicyclic) bond motifs is 2. The molecular formula is C85H92N6O13S4. The first-order valence-electron chi connectivity index (χ1n) is 35.9. The second kappa shape index (κ2) is 38.2. The first-order chi connectivity index (χ1) is 51.8. The number of carboxylic acids is 3. The monoisotopic (exact) mass is 1530 g/mol. The van der Waals surface area contributed by atoms with E-state index in [4.69, 9.17) is 15.3 Å². The Labute approximate surface area is 637 Å². The summed E-state index contributed by atoms with van der Waals surface area (Å²) in [6, 6.07) is 68.1. The van der Waals surface area contributed by atoms with Crippen molar-refractivity contribution >= 4 is 114 Å². The van der Waals surface area contributed by atoms with Crippen molar-refractivity contribution in [2.75, 3.05) is 63.6 Å². The van der Waals surface area contributed by atoms with E-state index in [1.807, 2.05) is 190 Å². The van der Waals surface area contributed by atoms with Gasteiger partial charge in [-0.3, -0.25) is 13.4 Å². The number of para-hydroxylation sites is 3. The van der Waals surface area contributed by atoms with E-state index < -0.39 is 47.8 Å². The standard InChI is InChI=1S/C31H34N2O4S.C29H29NO4S.C25H29N3O5S2/c1-4-5-22-33(38(36,37)30-15-9-11-26-27(30)12-8-14-29(26)32(2)3)28-13-7-6-10-24(28)19-16-23-17-20-25(21-18-23)31(34)35;1-2-3-20-30(35(33,34)27-19-18-23-8-4-5-10-26(23)21-27)28-11-7-6-9-24(28)15-12-22-13-16-25(17-14-22)29(31)32;1-17-24(34-25(27-17)28-18(2)29)35(32,33)16-6-5-15-26-22-8-4-3-7-20(22)12-9-19-10-13-21(14-11-19)23(30)31/h6-15,17-18,20-21H,4-5,16,19,22H2,1-3H3,(H,34,35);4-11,13-14,16-19,21H,2-3,12,15,20H2,1H3,(H,31,32);3-4,7-8,10-11,13-14,26H,5-6,9,12,15-16H2,1-2H3,(H,30,31)(H,27,28,29). The van der Waals surface area contributed by atoms with Gasteiger partial charge in [0, 0.05) is 62.8 Å². The van der Waals surface area contributed by atoms with Gasteiger partial charge in [-0.15, -0.1) is 0 Å². The SMILES string of the molecule is CC(=O)Nc1nc(C)c(S(=O)(=O)CCCCNc2ccccc2CCc2ccc(C(=O)O)cc2)s1.CCCCN(c1ccccc1CCc1ccc(C(=O)O)cc1)S(=O)(=O)c1ccc2ccccc2c1.CCCCN(c1ccccc1CCc1ccc(C(=O)O)cc1)S(=O)(=O)c1cccc2c(N(C)C)cccc12. The second-order valence-corrected chi connectivity index (χ2v) is 33.3. The molecule has 0 saturated heterocycles. The predicted octanol–water partition coefficient (Wildman–Crippen LogP) is 17.3. The van der Waals surface area contributed by atoms with Gasteiger partial charge in [-0.25, -0.2) is 44.6 Å². The lowest BCUT2D eigenvalue weighted by Crippen LogP contribution is -2.33. The smallest absolute Gasteiger partial charge is 0.335 e. The number of aryl methyl sites for hydroxylation is 7. The quantitative estimate of drug-likeness (QED) is 0.0239. The molecule has 11 aromatic rings. The number of hydrogen-bond acceptors (Lipinski definition) is 14. The Bertz CT molecular complexity index is 5290. The van der Waals surface area contributed by atoms with Gasteiger partial charge in [0.15, 0.2) is 15.0 Å². The number of sulfonamides is 2. The van der Waals surface area contributed by atoms with Gasteiger partial charge in [0.1, 0.15) is 4.21 Å². The number of hydrogen-bond donors (Lipinski definition) is 5. The summed E-state index contributed by atoms with van der Waals surface area (Å²) in [6.45, 7) is 8.51. The summed E-state index contributed by atoms with van der Waals surface area (Å²) >= 11 is 0.987. The lowest BCUT2D eigenvalue weighted by molar-refractivity contribution is -0.114. The highest BCUT2D eigenvalue weighted by atomic mass is 32.2. The molecule has 0 radical (unpaired) electrons. The van der Waals surface area contributed by atoms with Crippen LogP contribution < -0.4 is 24.1 Å². The van der Waals surface area contributed by atoms with Gasteiger partial charge < -0.3 is 30.9 Å². The van der Waals surface area contributed by atoms with Crippen LogP contribution in [0.5, 0.6) is 0 Å². The van der Waals surface area contributed by atoms with Crippen molar-refractivity contribution in [1.29, 1.82) is 0 Å². The Balaban J connectivity index is 0.000000187. The van der Waals surface area contributed by atoms with Gasteiger partial charge >= 0.3 is 17.9 Å². The summed E-state index contributed by atoms with van der Waals surface area (Å²) in [5, 5.41) is 37.0. The average molecular weight is 1530 g/mol. The number of aromatic carboxylic acids is 3. The van der Waals surface area contributed by atoms with E-state index in [1.54, 1.807) is 70.1 Å². The largest absolute Gasteiger partial charge is 0.478 e. The van der Waals surface area contributed by atoms with Crippen molar-refractivity contribution < 1.29 is 59.8 Å².